The summed E-state index contributed by atoms with van der Waals surface area (Å²) in [6.45, 7) is 2.13. The van der Waals surface area contributed by atoms with Gasteiger partial charge in [-0.1, -0.05) is 19.1 Å². The molecule has 2 aromatic heterocycles. The Morgan fingerprint density at radius 3 is 2.84 bits per heavy atom. The molecule has 0 unspecified atom stereocenters. The number of nitrogen functional groups attached to an aromatic ring is 1. The third kappa shape index (κ3) is 2.07. The van der Waals surface area contributed by atoms with E-state index in [-0.39, 0.29) is 0 Å². The summed E-state index contributed by atoms with van der Waals surface area (Å²) >= 11 is 1.66. The predicted molar refractivity (Wildman–Crippen MR) is 80.0 cm³/mol. The summed E-state index contributed by atoms with van der Waals surface area (Å²) < 4.78 is 0. The maximum Gasteiger partial charge on any atom is 0.172 e. The average molecular weight is 270 g/mol. The summed E-state index contributed by atoms with van der Waals surface area (Å²) in [6, 6.07) is 9.97. The van der Waals surface area contributed by atoms with Crippen LogP contribution in [0.1, 0.15) is 12.5 Å². The Kier molecular flexibility index (Phi) is 3.15. The van der Waals surface area contributed by atoms with Gasteiger partial charge in [0.25, 0.3) is 0 Å². The van der Waals surface area contributed by atoms with Crippen LogP contribution in [-0.2, 0) is 6.42 Å². The number of fused-ring (bicyclic) bond motifs is 1. The molecular weight excluding hydrogens is 256 g/mol. The topological polar surface area (TPSA) is 63.8 Å². The van der Waals surface area contributed by atoms with Crippen molar-refractivity contribution in [2.24, 2.45) is 5.84 Å². The number of aromatic nitrogens is 2. The Balaban J connectivity index is 2.25. The average Bonchev–Trinajstić information content (AvgIpc) is 2.94. The lowest BCUT2D eigenvalue weighted by Gasteiger charge is -2.07. The highest BCUT2D eigenvalue weighted by Crippen LogP contribution is 2.30. The third-order valence-electron chi connectivity index (χ3n) is 3.07. The monoisotopic (exact) mass is 270 g/mol. The van der Waals surface area contributed by atoms with Crippen molar-refractivity contribution >= 4 is 28.1 Å². The van der Waals surface area contributed by atoms with Crippen LogP contribution in [0, 0.1) is 0 Å². The number of nitrogens with zero attached hydrogens (tertiary/aromatic N) is 2. The minimum absolute atomic E-state index is 0.663. The molecular formula is C14H14N4S. The first-order chi connectivity index (χ1) is 9.33. The van der Waals surface area contributed by atoms with Crippen molar-refractivity contribution in [3.63, 3.8) is 0 Å². The first-order valence-corrected chi connectivity index (χ1v) is 7.01. The van der Waals surface area contributed by atoms with Crippen molar-refractivity contribution in [2.75, 3.05) is 5.43 Å². The molecule has 0 amide bonds. The molecule has 0 aliphatic carbocycles. The van der Waals surface area contributed by atoms with Crippen molar-refractivity contribution in [1.82, 2.24) is 9.97 Å². The molecule has 0 aliphatic rings. The quantitative estimate of drug-likeness (QED) is 0.566. The lowest BCUT2D eigenvalue weighted by Crippen LogP contribution is -2.10. The molecule has 0 spiro atoms. The Bertz CT molecular complexity index is 720. The third-order valence-corrected chi connectivity index (χ3v) is 4.02. The molecule has 3 rings (SSSR count). The van der Waals surface area contributed by atoms with E-state index in [1.54, 1.807) is 11.3 Å². The highest BCUT2D eigenvalue weighted by Gasteiger charge is 2.12. The number of anilines is 1. The summed E-state index contributed by atoms with van der Waals surface area (Å²) in [5, 5.41) is 3.01. The normalized spacial score (nSPS) is 10.8. The zero-order valence-electron chi connectivity index (χ0n) is 10.6. The Morgan fingerprint density at radius 1 is 1.21 bits per heavy atom. The fourth-order valence-electron chi connectivity index (χ4n) is 2.10. The summed E-state index contributed by atoms with van der Waals surface area (Å²) in [6.07, 6.45) is 0.973. The molecule has 0 atom stereocenters. The van der Waals surface area contributed by atoms with Crippen molar-refractivity contribution in [3.8, 4) is 10.7 Å². The number of hydrogen-bond donors (Lipinski definition) is 2. The smallest absolute Gasteiger partial charge is 0.172 e. The van der Waals surface area contributed by atoms with E-state index in [0.717, 1.165) is 28.0 Å². The fourth-order valence-corrected chi connectivity index (χ4v) is 3.03. The molecule has 0 saturated carbocycles. The van der Waals surface area contributed by atoms with E-state index in [1.165, 1.54) is 5.56 Å². The van der Waals surface area contributed by atoms with E-state index in [1.807, 2.05) is 24.3 Å². The van der Waals surface area contributed by atoms with Crippen LogP contribution >= 0.6 is 11.3 Å². The van der Waals surface area contributed by atoms with Crippen LogP contribution in [0.25, 0.3) is 21.6 Å². The molecule has 0 saturated heterocycles. The van der Waals surface area contributed by atoms with Gasteiger partial charge < -0.3 is 5.43 Å². The van der Waals surface area contributed by atoms with Crippen molar-refractivity contribution in [1.29, 1.82) is 0 Å². The molecule has 0 bridgehead atoms. The van der Waals surface area contributed by atoms with Crippen molar-refractivity contribution in [3.05, 3.63) is 41.3 Å². The van der Waals surface area contributed by atoms with Gasteiger partial charge in [-0.2, -0.15) is 0 Å². The number of thiophene rings is 1. The summed E-state index contributed by atoms with van der Waals surface area (Å²) in [4.78, 5) is 10.3. The molecule has 5 heteroatoms. The van der Waals surface area contributed by atoms with E-state index >= 15 is 0 Å². The van der Waals surface area contributed by atoms with E-state index in [4.69, 9.17) is 5.84 Å². The summed E-state index contributed by atoms with van der Waals surface area (Å²) in [5.41, 5.74) is 4.83. The number of hydrazine groups is 1. The number of aryl methyl sites for hydroxylation is 1. The molecule has 3 N–H and O–H groups in total. The highest BCUT2D eigenvalue weighted by molar-refractivity contribution is 7.13. The SMILES string of the molecule is CCc1ccsc1-c1nc(NN)c2ccccc2n1. The number of nitrogens with one attached hydrogen (secondary N) is 1. The van der Waals surface area contributed by atoms with Gasteiger partial charge in [-0.15, -0.1) is 11.3 Å². The van der Waals surface area contributed by atoms with Gasteiger partial charge in [-0.25, -0.2) is 15.8 Å². The lowest BCUT2D eigenvalue weighted by molar-refractivity contribution is 1.13. The van der Waals surface area contributed by atoms with Gasteiger partial charge in [0.2, 0.25) is 0 Å². The standard InChI is InChI=1S/C14H14N4S/c1-2-9-7-8-19-12(9)14-16-11-6-4-3-5-10(11)13(17-14)18-15/h3-8H,2,15H2,1H3,(H,16,17,18). The van der Waals surface area contributed by atoms with Gasteiger partial charge in [0, 0.05) is 5.39 Å². The molecule has 2 heterocycles. The van der Waals surface area contributed by atoms with Crippen LogP contribution in [0.3, 0.4) is 0 Å². The molecule has 0 fully saturated rings. The largest absolute Gasteiger partial charge is 0.308 e. The predicted octanol–water partition coefficient (Wildman–Crippen LogP) is 3.21. The van der Waals surface area contributed by atoms with Crippen LogP contribution in [0.15, 0.2) is 35.7 Å². The first kappa shape index (κ1) is 12.1. The van der Waals surface area contributed by atoms with Gasteiger partial charge in [0.15, 0.2) is 11.6 Å². The van der Waals surface area contributed by atoms with E-state index in [2.05, 4.69) is 33.8 Å². The molecule has 0 radical (unpaired) electrons. The number of hydrogen-bond acceptors (Lipinski definition) is 5. The van der Waals surface area contributed by atoms with Gasteiger partial charge in [0.05, 0.1) is 10.4 Å². The minimum atomic E-state index is 0.663. The number of rotatable bonds is 3. The van der Waals surface area contributed by atoms with Crippen LogP contribution in [0.5, 0.6) is 0 Å². The molecule has 3 aromatic rings. The first-order valence-electron chi connectivity index (χ1n) is 6.13. The highest BCUT2D eigenvalue weighted by atomic mass is 32.1. The minimum Gasteiger partial charge on any atom is -0.308 e. The molecule has 4 nitrogen and oxygen atoms in total. The van der Waals surface area contributed by atoms with Crippen LogP contribution in [0.4, 0.5) is 5.82 Å². The van der Waals surface area contributed by atoms with Gasteiger partial charge in [0.1, 0.15) is 0 Å². The van der Waals surface area contributed by atoms with Crippen molar-refractivity contribution < 1.29 is 0 Å². The Morgan fingerprint density at radius 2 is 2.05 bits per heavy atom. The van der Waals surface area contributed by atoms with E-state index in [9.17, 15) is 0 Å². The van der Waals surface area contributed by atoms with Gasteiger partial charge >= 0.3 is 0 Å². The second-order valence-electron chi connectivity index (χ2n) is 4.19. The Hall–Kier alpha value is -1.98. The maximum atomic E-state index is 5.57. The van der Waals surface area contributed by atoms with Crippen LogP contribution < -0.4 is 11.3 Å². The van der Waals surface area contributed by atoms with Crippen LogP contribution in [-0.4, -0.2) is 9.97 Å². The zero-order chi connectivity index (χ0) is 13.2. The number of benzene rings is 1. The van der Waals surface area contributed by atoms with Gasteiger partial charge in [-0.05, 0) is 35.6 Å². The molecule has 0 aliphatic heterocycles. The Labute approximate surface area is 115 Å². The maximum absolute atomic E-state index is 5.57. The van der Waals surface area contributed by atoms with Gasteiger partial charge in [-0.3, -0.25) is 0 Å². The van der Waals surface area contributed by atoms with Crippen LogP contribution in [0.2, 0.25) is 0 Å². The second-order valence-corrected chi connectivity index (χ2v) is 5.10. The van der Waals surface area contributed by atoms with E-state index in [0.29, 0.717) is 5.82 Å². The molecule has 96 valence electrons. The van der Waals surface area contributed by atoms with E-state index < -0.39 is 0 Å². The second kappa shape index (κ2) is 4.95. The fraction of sp³-hybridized carbons (Fsp3) is 0.143. The zero-order valence-corrected chi connectivity index (χ0v) is 11.4. The lowest BCUT2D eigenvalue weighted by atomic mass is 10.2. The number of nitrogens with two attached hydrogens (primary N) is 1. The summed E-state index contributed by atoms with van der Waals surface area (Å²) in [7, 11) is 0. The van der Waals surface area contributed by atoms with Crippen molar-refractivity contribution in [2.45, 2.75) is 13.3 Å². The number of para-hydroxylation sites is 1. The summed E-state index contributed by atoms with van der Waals surface area (Å²) in [5.74, 6) is 6.97. The molecule has 1 aromatic carbocycles. The molecule has 19 heavy (non-hydrogen) atoms.